The lowest BCUT2D eigenvalue weighted by Crippen LogP contribution is -2.46. The molecule has 1 aromatic heterocycles. The predicted octanol–water partition coefficient (Wildman–Crippen LogP) is 3.48. The van der Waals surface area contributed by atoms with Crippen LogP contribution in [-0.2, 0) is 14.3 Å². The third kappa shape index (κ3) is 4.97. The average Bonchev–Trinajstić information content (AvgIpc) is 2.81. The molecule has 2 aliphatic heterocycles. The Balaban J connectivity index is 1.39. The molecule has 2 saturated heterocycles. The lowest BCUT2D eigenvalue weighted by atomic mass is 9.93. The maximum Gasteiger partial charge on any atom is 0.229 e. The molecule has 0 aliphatic carbocycles. The number of ether oxygens (including phenoxy) is 2. The van der Waals surface area contributed by atoms with Crippen molar-refractivity contribution in [3.05, 3.63) is 48.8 Å². The standard InChI is InChI=1S/C23H27N3O4/c27-22(18-5-4-12-26(16-18)23(28)17-9-13-29-14-10-17)25-20-7-1-2-8-21(20)30-19-6-3-11-24-15-19/h1-3,6-8,11,15,17-18H,4-5,9-10,12-14,16H2,(H,25,27). The van der Waals surface area contributed by atoms with Crippen LogP contribution < -0.4 is 10.1 Å². The Morgan fingerprint density at radius 3 is 2.70 bits per heavy atom. The fraction of sp³-hybridized carbons (Fsp3) is 0.435. The molecule has 3 heterocycles. The molecular formula is C23H27N3O4. The van der Waals surface area contributed by atoms with Crippen LogP contribution in [0.5, 0.6) is 11.5 Å². The highest BCUT2D eigenvalue weighted by Gasteiger charge is 2.32. The predicted molar refractivity (Wildman–Crippen MR) is 112 cm³/mol. The van der Waals surface area contributed by atoms with Crippen molar-refractivity contribution < 1.29 is 19.1 Å². The first kappa shape index (κ1) is 20.3. The first-order chi connectivity index (χ1) is 14.7. The summed E-state index contributed by atoms with van der Waals surface area (Å²) < 4.78 is 11.2. The number of aromatic nitrogens is 1. The molecule has 1 aromatic carbocycles. The molecule has 7 nitrogen and oxygen atoms in total. The van der Waals surface area contributed by atoms with Crippen LogP contribution in [-0.4, -0.2) is 48.0 Å². The second kappa shape index (κ2) is 9.71. The third-order valence-corrected chi connectivity index (χ3v) is 5.68. The lowest BCUT2D eigenvalue weighted by Gasteiger charge is -2.35. The number of nitrogens with one attached hydrogen (secondary N) is 1. The molecule has 2 fully saturated rings. The molecule has 0 saturated carbocycles. The van der Waals surface area contributed by atoms with Crippen LogP contribution in [0.4, 0.5) is 5.69 Å². The lowest BCUT2D eigenvalue weighted by molar-refractivity contribution is -0.141. The molecule has 2 amide bonds. The molecular weight excluding hydrogens is 382 g/mol. The number of piperidine rings is 1. The van der Waals surface area contributed by atoms with E-state index in [0.717, 1.165) is 32.2 Å². The van der Waals surface area contributed by atoms with Gasteiger partial charge in [-0.2, -0.15) is 0 Å². The highest BCUT2D eigenvalue weighted by molar-refractivity contribution is 5.94. The van der Waals surface area contributed by atoms with Gasteiger partial charge in [0.15, 0.2) is 5.75 Å². The number of nitrogens with zero attached hydrogens (tertiary/aromatic N) is 2. The van der Waals surface area contributed by atoms with Crippen molar-refractivity contribution in [2.24, 2.45) is 11.8 Å². The molecule has 1 unspecified atom stereocenters. The van der Waals surface area contributed by atoms with E-state index in [2.05, 4.69) is 10.3 Å². The zero-order valence-electron chi connectivity index (χ0n) is 17.0. The van der Waals surface area contributed by atoms with Crippen LogP contribution >= 0.6 is 0 Å². The van der Waals surface area contributed by atoms with Gasteiger partial charge in [0.25, 0.3) is 0 Å². The third-order valence-electron chi connectivity index (χ3n) is 5.68. The molecule has 2 aliphatic rings. The summed E-state index contributed by atoms with van der Waals surface area (Å²) in [5.41, 5.74) is 0.610. The smallest absolute Gasteiger partial charge is 0.229 e. The number of anilines is 1. The van der Waals surface area contributed by atoms with Crippen LogP contribution in [0.3, 0.4) is 0 Å². The number of rotatable bonds is 5. The minimum atomic E-state index is -0.228. The minimum absolute atomic E-state index is 0.0224. The van der Waals surface area contributed by atoms with Crippen molar-refractivity contribution in [3.8, 4) is 11.5 Å². The number of pyridine rings is 1. The maximum atomic E-state index is 13.0. The van der Waals surface area contributed by atoms with Crippen LogP contribution in [0.15, 0.2) is 48.8 Å². The summed E-state index contributed by atoms with van der Waals surface area (Å²) >= 11 is 0. The summed E-state index contributed by atoms with van der Waals surface area (Å²) in [6, 6.07) is 10.9. The van der Waals surface area contributed by atoms with Crippen LogP contribution in [0.25, 0.3) is 0 Å². The Labute approximate surface area is 176 Å². The minimum Gasteiger partial charge on any atom is -0.454 e. The van der Waals surface area contributed by atoms with Crippen LogP contribution in [0, 0.1) is 11.8 Å². The number of benzene rings is 1. The molecule has 0 radical (unpaired) electrons. The van der Waals surface area contributed by atoms with E-state index in [1.54, 1.807) is 18.5 Å². The summed E-state index contributed by atoms with van der Waals surface area (Å²) in [7, 11) is 0. The molecule has 158 valence electrons. The monoisotopic (exact) mass is 409 g/mol. The molecule has 7 heteroatoms. The number of para-hydroxylation sites is 2. The summed E-state index contributed by atoms with van der Waals surface area (Å²) in [5.74, 6) is 1.04. The second-order valence-corrected chi connectivity index (χ2v) is 7.79. The number of likely N-dealkylation sites (tertiary alicyclic amines) is 1. The molecule has 30 heavy (non-hydrogen) atoms. The molecule has 1 N–H and O–H groups in total. The first-order valence-electron chi connectivity index (χ1n) is 10.5. The van der Waals surface area contributed by atoms with Crippen LogP contribution in [0.2, 0.25) is 0 Å². The van der Waals surface area contributed by atoms with Gasteiger partial charge in [-0.05, 0) is 49.9 Å². The van der Waals surface area contributed by atoms with E-state index < -0.39 is 0 Å². The average molecular weight is 409 g/mol. The van der Waals surface area contributed by atoms with E-state index in [1.165, 1.54) is 0 Å². The van der Waals surface area contributed by atoms with Gasteiger partial charge < -0.3 is 19.7 Å². The van der Waals surface area contributed by atoms with E-state index in [1.807, 2.05) is 35.2 Å². The van der Waals surface area contributed by atoms with E-state index in [9.17, 15) is 9.59 Å². The van der Waals surface area contributed by atoms with Gasteiger partial charge in [0.1, 0.15) is 5.75 Å². The molecule has 0 spiro atoms. The van der Waals surface area contributed by atoms with Gasteiger partial charge in [-0.3, -0.25) is 14.6 Å². The van der Waals surface area contributed by atoms with Gasteiger partial charge >= 0.3 is 0 Å². The summed E-state index contributed by atoms with van der Waals surface area (Å²) in [6.07, 6.45) is 6.45. The number of carbonyl (C=O) groups excluding carboxylic acids is 2. The second-order valence-electron chi connectivity index (χ2n) is 7.79. The van der Waals surface area contributed by atoms with Crippen LogP contribution in [0.1, 0.15) is 25.7 Å². The maximum absolute atomic E-state index is 13.0. The van der Waals surface area contributed by atoms with Gasteiger partial charge in [-0.15, -0.1) is 0 Å². The Morgan fingerprint density at radius 2 is 1.90 bits per heavy atom. The number of amides is 2. The van der Waals surface area contributed by atoms with Crippen molar-refractivity contribution in [1.82, 2.24) is 9.88 Å². The molecule has 4 rings (SSSR count). The Hall–Kier alpha value is -2.93. The van der Waals surface area contributed by atoms with Gasteiger partial charge in [0.2, 0.25) is 11.8 Å². The van der Waals surface area contributed by atoms with E-state index >= 15 is 0 Å². The quantitative estimate of drug-likeness (QED) is 0.818. The Bertz CT molecular complexity index is 868. The highest BCUT2D eigenvalue weighted by Crippen LogP contribution is 2.30. The molecule has 1 atom stereocenters. The molecule has 2 aromatic rings. The van der Waals surface area contributed by atoms with Gasteiger partial charge in [0.05, 0.1) is 17.8 Å². The van der Waals surface area contributed by atoms with Crippen molar-refractivity contribution in [3.63, 3.8) is 0 Å². The summed E-state index contributed by atoms with van der Waals surface area (Å²) in [6.45, 7) is 2.47. The number of carbonyl (C=O) groups is 2. The van der Waals surface area contributed by atoms with Crippen molar-refractivity contribution >= 4 is 17.5 Å². The van der Waals surface area contributed by atoms with Crippen molar-refractivity contribution in [1.29, 1.82) is 0 Å². The number of hydrogen-bond donors (Lipinski definition) is 1. The topological polar surface area (TPSA) is 80.8 Å². The zero-order valence-corrected chi connectivity index (χ0v) is 17.0. The van der Waals surface area contributed by atoms with Crippen molar-refractivity contribution in [2.75, 3.05) is 31.6 Å². The molecule has 0 bridgehead atoms. The Morgan fingerprint density at radius 1 is 1.07 bits per heavy atom. The highest BCUT2D eigenvalue weighted by atomic mass is 16.5. The summed E-state index contributed by atoms with van der Waals surface area (Å²) in [4.78, 5) is 31.7. The largest absolute Gasteiger partial charge is 0.454 e. The van der Waals surface area contributed by atoms with Gasteiger partial charge in [-0.1, -0.05) is 12.1 Å². The summed E-state index contributed by atoms with van der Waals surface area (Å²) in [5, 5.41) is 3.00. The normalized spacial score (nSPS) is 19.9. The van der Waals surface area contributed by atoms with Crippen molar-refractivity contribution in [2.45, 2.75) is 25.7 Å². The SMILES string of the molecule is O=C(Nc1ccccc1Oc1cccnc1)C1CCCN(C(=O)C2CCOCC2)C1. The number of hydrogen-bond acceptors (Lipinski definition) is 5. The first-order valence-corrected chi connectivity index (χ1v) is 10.5. The fourth-order valence-electron chi connectivity index (χ4n) is 4.02. The zero-order chi connectivity index (χ0) is 20.8. The van der Waals surface area contributed by atoms with Gasteiger partial charge in [-0.25, -0.2) is 0 Å². The van der Waals surface area contributed by atoms with E-state index in [4.69, 9.17) is 9.47 Å². The van der Waals surface area contributed by atoms with E-state index in [-0.39, 0.29) is 23.7 Å². The fourth-order valence-corrected chi connectivity index (χ4v) is 4.02. The van der Waals surface area contributed by atoms with E-state index in [0.29, 0.717) is 36.9 Å². The van der Waals surface area contributed by atoms with Gasteiger partial charge in [0, 0.05) is 38.4 Å². The Kier molecular flexibility index (Phi) is 6.59.